The first-order valence-corrected chi connectivity index (χ1v) is 11.3. The molecule has 0 spiro atoms. The molecule has 3 rings (SSSR count). The number of aryl methyl sites for hydroxylation is 1. The maximum absolute atomic E-state index is 11.3. The minimum Gasteiger partial charge on any atom is -0.488 e. The molecule has 2 aromatic carbocycles. The van der Waals surface area contributed by atoms with Crippen molar-refractivity contribution in [3.63, 3.8) is 0 Å². The van der Waals surface area contributed by atoms with Crippen LogP contribution in [0.25, 0.3) is 0 Å². The fraction of sp³-hybridized carbons (Fsp3) is 0.381. The zero-order valence-electron chi connectivity index (χ0n) is 17.2. The van der Waals surface area contributed by atoms with Crippen LogP contribution >= 0.6 is 0 Å². The van der Waals surface area contributed by atoms with Crippen molar-refractivity contribution in [2.24, 2.45) is 10.1 Å². The summed E-state index contributed by atoms with van der Waals surface area (Å²) in [5, 5.41) is 11.6. The zero-order chi connectivity index (χ0) is 21.6. The van der Waals surface area contributed by atoms with Gasteiger partial charge in [0.05, 0.1) is 18.1 Å². The van der Waals surface area contributed by atoms with Gasteiger partial charge in [0.15, 0.2) is 5.96 Å². The highest BCUT2D eigenvalue weighted by Gasteiger charge is 2.18. The van der Waals surface area contributed by atoms with E-state index < -0.39 is 10.0 Å². The number of benzene rings is 2. The Bertz CT molecular complexity index is 985. The van der Waals surface area contributed by atoms with E-state index in [0.717, 1.165) is 35.5 Å². The molecule has 0 saturated carbocycles. The molecule has 4 N–H and O–H groups in total. The number of sulfonamides is 1. The maximum Gasteiger partial charge on any atom is 0.238 e. The Hall–Kier alpha value is -2.62. The Morgan fingerprint density at radius 3 is 2.57 bits per heavy atom. The lowest BCUT2D eigenvalue weighted by molar-refractivity contribution is 0.140. The molecule has 8 nitrogen and oxygen atoms in total. The molecule has 0 aliphatic carbocycles. The van der Waals surface area contributed by atoms with Crippen LogP contribution in [0.15, 0.2) is 52.4 Å². The first-order valence-electron chi connectivity index (χ1n) is 9.75. The Balaban J connectivity index is 1.57. The molecule has 162 valence electrons. The molecule has 1 aliphatic rings. The lowest BCUT2D eigenvalue weighted by atomic mass is 10.1. The van der Waals surface area contributed by atoms with Crippen LogP contribution in [-0.4, -0.2) is 40.7 Å². The first-order chi connectivity index (χ1) is 14.3. The monoisotopic (exact) mass is 432 g/mol. The summed E-state index contributed by atoms with van der Waals surface area (Å²) in [5.41, 5.74) is 3.08. The van der Waals surface area contributed by atoms with Gasteiger partial charge in [0, 0.05) is 32.1 Å². The van der Waals surface area contributed by atoms with E-state index in [2.05, 4.69) is 21.7 Å². The molecule has 1 atom stereocenters. The van der Waals surface area contributed by atoms with Crippen molar-refractivity contribution in [2.45, 2.75) is 37.4 Å². The van der Waals surface area contributed by atoms with Crippen molar-refractivity contribution in [3.05, 3.63) is 59.2 Å². The molecule has 30 heavy (non-hydrogen) atoms. The van der Waals surface area contributed by atoms with Crippen molar-refractivity contribution in [3.8, 4) is 5.75 Å². The van der Waals surface area contributed by atoms with Crippen LogP contribution in [0.3, 0.4) is 0 Å². The van der Waals surface area contributed by atoms with Gasteiger partial charge in [-0.2, -0.15) is 0 Å². The predicted octanol–water partition coefficient (Wildman–Crippen LogP) is 1.68. The van der Waals surface area contributed by atoms with Crippen LogP contribution in [-0.2, 0) is 27.8 Å². The first kappa shape index (κ1) is 22.1. The molecule has 1 saturated heterocycles. The van der Waals surface area contributed by atoms with Crippen molar-refractivity contribution < 1.29 is 17.9 Å². The molecule has 1 fully saturated rings. The molecular weight excluding hydrogens is 404 g/mol. The summed E-state index contributed by atoms with van der Waals surface area (Å²) in [6.07, 6.45) is 0.983. The van der Waals surface area contributed by atoms with Crippen molar-refractivity contribution in [2.75, 3.05) is 20.3 Å². The highest BCUT2D eigenvalue weighted by Crippen LogP contribution is 2.23. The second kappa shape index (κ2) is 9.92. The lowest BCUT2D eigenvalue weighted by Gasteiger charge is -2.18. The van der Waals surface area contributed by atoms with E-state index in [1.807, 2.05) is 19.1 Å². The van der Waals surface area contributed by atoms with Gasteiger partial charge in [-0.25, -0.2) is 13.6 Å². The summed E-state index contributed by atoms with van der Waals surface area (Å²) >= 11 is 0. The largest absolute Gasteiger partial charge is 0.488 e. The van der Waals surface area contributed by atoms with E-state index in [1.54, 1.807) is 19.2 Å². The van der Waals surface area contributed by atoms with Gasteiger partial charge in [0.25, 0.3) is 0 Å². The molecule has 2 aromatic rings. The molecule has 0 radical (unpaired) electrons. The molecule has 0 bridgehead atoms. The summed E-state index contributed by atoms with van der Waals surface area (Å²) < 4.78 is 34.2. The van der Waals surface area contributed by atoms with Crippen molar-refractivity contribution in [1.82, 2.24) is 10.6 Å². The van der Waals surface area contributed by atoms with Gasteiger partial charge in [-0.15, -0.1) is 0 Å². The molecule has 0 amide bonds. The molecule has 0 aromatic heterocycles. The van der Waals surface area contributed by atoms with Gasteiger partial charge in [-0.1, -0.05) is 24.3 Å². The summed E-state index contributed by atoms with van der Waals surface area (Å²) in [4.78, 5) is 4.33. The molecule has 1 heterocycles. The molecule has 9 heteroatoms. The fourth-order valence-electron chi connectivity index (χ4n) is 3.09. The van der Waals surface area contributed by atoms with Crippen LogP contribution in [0.1, 0.15) is 23.1 Å². The average molecular weight is 433 g/mol. The second-order valence-electron chi connectivity index (χ2n) is 7.18. The molecular formula is C21H28N4O4S. The average Bonchev–Trinajstić information content (AvgIpc) is 3.22. The molecule has 1 aliphatic heterocycles. The number of nitrogens with zero attached hydrogens (tertiary/aromatic N) is 1. The van der Waals surface area contributed by atoms with Crippen molar-refractivity contribution in [1.29, 1.82) is 0 Å². The Morgan fingerprint density at radius 2 is 1.93 bits per heavy atom. The minimum atomic E-state index is -3.69. The summed E-state index contributed by atoms with van der Waals surface area (Å²) in [7, 11) is -1.99. The summed E-state index contributed by atoms with van der Waals surface area (Å²) in [5.74, 6) is 1.48. The number of nitrogens with two attached hydrogens (primary N) is 1. The van der Waals surface area contributed by atoms with Gasteiger partial charge in [-0.3, -0.25) is 4.99 Å². The number of ether oxygens (including phenoxy) is 2. The van der Waals surface area contributed by atoms with Crippen LogP contribution in [0, 0.1) is 6.92 Å². The third-order valence-electron chi connectivity index (χ3n) is 4.79. The maximum atomic E-state index is 11.3. The number of hydrogen-bond acceptors (Lipinski definition) is 5. The zero-order valence-corrected chi connectivity index (χ0v) is 18.0. The number of aliphatic imine (C=N–C) groups is 1. The van der Waals surface area contributed by atoms with E-state index >= 15 is 0 Å². The van der Waals surface area contributed by atoms with E-state index in [4.69, 9.17) is 14.6 Å². The van der Waals surface area contributed by atoms with E-state index in [0.29, 0.717) is 25.7 Å². The highest BCUT2D eigenvalue weighted by atomic mass is 32.2. The van der Waals surface area contributed by atoms with Crippen LogP contribution in [0.4, 0.5) is 0 Å². The van der Waals surface area contributed by atoms with Gasteiger partial charge in [0.2, 0.25) is 10.0 Å². The smallest absolute Gasteiger partial charge is 0.238 e. The number of rotatable bonds is 7. The third-order valence-corrected chi connectivity index (χ3v) is 5.72. The van der Waals surface area contributed by atoms with Crippen LogP contribution in [0.2, 0.25) is 0 Å². The highest BCUT2D eigenvalue weighted by molar-refractivity contribution is 7.89. The van der Waals surface area contributed by atoms with Gasteiger partial charge in [-0.05, 0) is 36.2 Å². The van der Waals surface area contributed by atoms with Gasteiger partial charge in [0.1, 0.15) is 11.9 Å². The lowest BCUT2D eigenvalue weighted by Crippen LogP contribution is -2.36. The van der Waals surface area contributed by atoms with Gasteiger partial charge >= 0.3 is 0 Å². The summed E-state index contributed by atoms with van der Waals surface area (Å²) in [6, 6.07) is 12.6. The van der Waals surface area contributed by atoms with Crippen LogP contribution in [0.5, 0.6) is 5.75 Å². The minimum absolute atomic E-state index is 0.0864. The number of guanidine groups is 1. The van der Waals surface area contributed by atoms with E-state index in [9.17, 15) is 8.42 Å². The Kier molecular flexibility index (Phi) is 7.30. The standard InChI is InChI=1S/C21H28N4O4S/c1-15-3-6-17(20(11-15)29-18-9-10-28-14-18)13-25-21(23-2)24-12-16-4-7-19(8-5-16)30(22,26)27/h3-8,11,18H,9-10,12-14H2,1-2H3,(H2,22,26,27)(H2,23,24,25). The predicted molar refractivity (Wildman–Crippen MR) is 116 cm³/mol. The second-order valence-corrected chi connectivity index (χ2v) is 8.74. The van der Waals surface area contributed by atoms with Gasteiger partial charge < -0.3 is 20.1 Å². The number of nitrogens with one attached hydrogen (secondary N) is 2. The Labute approximate surface area is 177 Å². The van der Waals surface area contributed by atoms with Crippen LogP contribution < -0.4 is 20.5 Å². The fourth-order valence-corrected chi connectivity index (χ4v) is 3.60. The SMILES string of the molecule is CN=C(NCc1ccc(S(N)(=O)=O)cc1)NCc1ccc(C)cc1OC1CCOC1. The molecule has 1 unspecified atom stereocenters. The topological polar surface area (TPSA) is 115 Å². The third kappa shape index (κ3) is 6.19. The normalized spacial score (nSPS) is 17.0. The quantitative estimate of drug-likeness (QED) is 0.453. The summed E-state index contributed by atoms with van der Waals surface area (Å²) in [6.45, 7) is 4.43. The van der Waals surface area contributed by atoms with E-state index in [-0.39, 0.29) is 11.0 Å². The Morgan fingerprint density at radius 1 is 1.20 bits per heavy atom. The number of primary sulfonamides is 1. The van der Waals surface area contributed by atoms with Crippen molar-refractivity contribution >= 4 is 16.0 Å². The number of hydrogen-bond donors (Lipinski definition) is 3. The van der Waals surface area contributed by atoms with E-state index in [1.165, 1.54) is 12.1 Å².